The third kappa shape index (κ3) is 3.60. The molecule has 0 aliphatic carbocycles. The number of aryl methyl sites for hydroxylation is 2. The van der Waals surface area contributed by atoms with Crippen molar-refractivity contribution in [2.75, 3.05) is 20.1 Å². The molecule has 1 N–H and O–H groups in total. The SMILES string of the molecule is Cc1ccc(C(C)NC(=O)C2CCCN(C)C2)cc1C. The standard InChI is InChI=1S/C17H26N2O/c1-12-7-8-15(10-13(12)2)14(3)18-17(20)16-6-5-9-19(4)11-16/h7-8,10,14,16H,5-6,9,11H2,1-4H3,(H,18,20). The van der Waals surface area contributed by atoms with E-state index in [1.165, 1.54) is 16.7 Å². The van der Waals surface area contributed by atoms with Crippen LogP contribution in [0.4, 0.5) is 0 Å². The van der Waals surface area contributed by atoms with E-state index in [4.69, 9.17) is 0 Å². The van der Waals surface area contributed by atoms with Crippen molar-refractivity contribution in [3.05, 3.63) is 34.9 Å². The predicted octanol–water partition coefficient (Wildman–Crippen LogP) is 2.82. The zero-order valence-electron chi connectivity index (χ0n) is 13.1. The van der Waals surface area contributed by atoms with Gasteiger partial charge < -0.3 is 10.2 Å². The lowest BCUT2D eigenvalue weighted by Gasteiger charge is -2.29. The first-order valence-corrected chi connectivity index (χ1v) is 7.53. The molecule has 20 heavy (non-hydrogen) atoms. The van der Waals surface area contributed by atoms with E-state index in [1.54, 1.807) is 0 Å². The number of rotatable bonds is 3. The molecule has 1 heterocycles. The van der Waals surface area contributed by atoms with Crippen LogP contribution in [0.25, 0.3) is 0 Å². The first-order chi connectivity index (χ1) is 9.47. The molecular weight excluding hydrogens is 248 g/mol. The van der Waals surface area contributed by atoms with Gasteiger partial charge in [-0.2, -0.15) is 0 Å². The van der Waals surface area contributed by atoms with E-state index in [2.05, 4.69) is 56.2 Å². The molecule has 1 aliphatic rings. The Hall–Kier alpha value is -1.35. The Morgan fingerprint density at radius 1 is 1.35 bits per heavy atom. The van der Waals surface area contributed by atoms with Crippen LogP contribution in [0.3, 0.4) is 0 Å². The second-order valence-corrected chi connectivity index (χ2v) is 6.18. The number of nitrogens with one attached hydrogen (secondary N) is 1. The van der Waals surface area contributed by atoms with E-state index in [1.807, 2.05) is 0 Å². The summed E-state index contributed by atoms with van der Waals surface area (Å²) in [5.41, 5.74) is 3.76. The monoisotopic (exact) mass is 274 g/mol. The summed E-state index contributed by atoms with van der Waals surface area (Å²) in [6, 6.07) is 6.49. The molecule has 110 valence electrons. The molecule has 3 nitrogen and oxygen atoms in total. The lowest BCUT2D eigenvalue weighted by molar-refractivity contribution is -0.127. The second-order valence-electron chi connectivity index (χ2n) is 6.18. The summed E-state index contributed by atoms with van der Waals surface area (Å²) in [5.74, 6) is 0.338. The number of hydrogen-bond acceptors (Lipinski definition) is 2. The molecule has 1 aromatic carbocycles. The van der Waals surface area contributed by atoms with Crippen molar-refractivity contribution >= 4 is 5.91 Å². The van der Waals surface area contributed by atoms with Crippen LogP contribution in [0, 0.1) is 19.8 Å². The zero-order valence-corrected chi connectivity index (χ0v) is 13.1. The lowest BCUT2D eigenvalue weighted by atomic mass is 9.96. The Bertz CT molecular complexity index is 484. The maximum absolute atomic E-state index is 12.3. The van der Waals surface area contributed by atoms with Gasteiger partial charge in [0.1, 0.15) is 0 Å². The van der Waals surface area contributed by atoms with Gasteiger partial charge in [0.05, 0.1) is 12.0 Å². The molecule has 0 spiro atoms. The van der Waals surface area contributed by atoms with Gasteiger partial charge in [-0.15, -0.1) is 0 Å². The van der Waals surface area contributed by atoms with Crippen LogP contribution in [0.5, 0.6) is 0 Å². The molecule has 1 aromatic rings. The number of carbonyl (C=O) groups is 1. The number of piperidine rings is 1. The Morgan fingerprint density at radius 3 is 2.75 bits per heavy atom. The number of nitrogens with zero attached hydrogens (tertiary/aromatic N) is 1. The van der Waals surface area contributed by atoms with E-state index in [-0.39, 0.29) is 17.9 Å². The van der Waals surface area contributed by atoms with Gasteiger partial charge in [0.2, 0.25) is 5.91 Å². The summed E-state index contributed by atoms with van der Waals surface area (Å²) >= 11 is 0. The molecule has 0 radical (unpaired) electrons. The van der Waals surface area contributed by atoms with Gasteiger partial charge >= 0.3 is 0 Å². The van der Waals surface area contributed by atoms with Gasteiger partial charge in [0.15, 0.2) is 0 Å². The van der Waals surface area contributed by atoms with Crippen LogP contribution in [-0.4, -0.2) is 30.9 Å². The average Bonchev–Trinajstić information content (AvgIpc) is 2.41. The summed E-state index contributed by atoms with van der Waals surface area (Å²) in [5, 5.41) is 3.17. The zero-order chi connectivity index (χ0) is 14.7. The molecule has 2 atom stereocenters. The maximum atomic E-state index is 12.3. The number of carbonyl (C=O) groups excluding carboxylic acids is 1. The average molecular weight is 274 g/mol. The van der Waals surface area contributed by atoms with Crippen molar-refractivity contribution in [3.8, 4) is 0 Å². The highest BCUT2D eigenvalue weighted by Crippen LogP contribution is 2.19. The van der Waals surface area contributed by atoms with Crippen LogP contribution >= 0.6 is 0 Å². The largest absolute Gasteiger partial charge is 0.349 e. The fourth-order valence-electron chi connectivity index (χ4n) is 2.83. The van der Waals surface area contributed by atoms with E-state index in [0.717, 1.165) is 25.9 Å². The Labute approximate surface area is 122 Å². The summed E-state index contributed by atoms with van der Waals surface area (Å²) in [6.07, 6.45) is 2.13. The van der Waals surface area contributed by atoms with Gasteiger partial charge in [-0.05, 0) is 63.9 Å². The van der Waals surface area contributed by atoms with E-state index in [0.29, 0.717) is 0 Å². The smallest absolute Gasteiger partial charge is 0.224 e. The Balaban J connectivity index is 1.97. The summed E-state index contributed by atoms with van der Waals surface area (Å²) in [7, 11) is 2.09. The molecule has 0 aromatic heterocycles. The van der Waals surface area contributed by atoms with Crippen LogP contribution in [0.15, 0.2) is 18.2 Å². The van der Waals surface area contributed by atoms with Gasteiger partial charge in [0.25, 0.3) is 0 Å². The van der Waals surface area contributed by atoms with Crippen LogP contribution in [0.2, 0.25) is 0 Å². The molecular formula is C17H26N2O. The fourth-order valence-corrected chi connectivity index (χ4v) is 2.83. The third-order valence-corrected chi connectivity index (χ3v) is 4.39. The van der Waals surface area contributed by atoms with Crippen molar-refractivity contribution in [1.82, 2.24) is 10.2 Å². The maximum Gasteiger partial charge on any atom is 0.224 e. The normalized spacial score (nSPS) is 21.5. The van der Waals surface area contributed by atoms with Crippen molar-refractivity contribution in [2.24, 2.45) is 5.92 Å². The minimum Gasteiger partial charge on any atom is -0.349 e. The first kappa shape index (κ1) is 15.0. The molecule has 2 unspecified atom stereocenters. The number of likely N-dealkylation sites (tertiary alicyclic amines) is 1. The fraction of sp³-hybridized carbons (Fsp3) is 0.588. The van der Waals surface area contributed by atoms with Crippen LogP contribution < -0.4 is 5.32 Å². The minimum atomic E-state index is 0.0778. The highest BCUT2D eigenvalue weighted by molar-refractivity contribution is 5.79. The van der Waals surface area contributed by atoms with Gasteiger partial charge in [0, 0.05) is 6.54 Å². The molecule has 3 heteroatoms. The van der Waals surface area contributed by atoms with E-state index >= 15 is 0 Å². The molecule has 2 rings (SSSR count). The van der Waals surface area contributed by atoms with Crippen molar-refractivity contribution < 1.29 is 4.79 Å². The molecule has 1 saturated heterocycles. The molecule has 1 amide bonds. The van der Waals surface area contributed by atoms with Crippen molar-refractivity contribution in [3.63, 3.8) is 0 Å². The van der Waals surface area contributed by atoms with E-state index < -0.39 is 0 Å². The highest BCUT2D eigenvalue weighted by atomic mass is 16.2. The summed E-state index contributed by atoms with van der Waals surface area (Å²) in [4.78, 5) is 14.6. The van der Waals surface area contributed by atoms with Crippen LogP contribution in [0.1, 0.15) is 42.5 Å². The van der Waals surface area contributed by atoms with Crippen molar-refractivity contribution in [2.45, 2.75) is 39.7 Å². The van der Waals surface area contributed by atoms with Gasteiger partial charge in [-0.25, -0.2) is 0 Å². The molecule has 0 saturated carbocycles. The lowest BCUT2D eigenvalue weighted by Crippen LogP contribution is -2.42. The van der Waals surface area contributed by atoms with Crippen molar-refractivity contribution in [1.29, 1.82) is 0 Å². The van der Waals surface area contributed by atoms with E-state index in [9.17, 15) is 4.79 Å². The van der Waals surface area contributed by atoms with Crippen LogP contribution in [-0.2, 0) is 4.79 Å². The number of amides is 1. The second kappa shape index (κ2) is 6.40. The third-order valence-electron chi connectivity index (χ3n) is 4.39. The predicted molar refractivity (Wildman–Crippen MR) is 82.7 cm³/mol. The summed E-state index contributed by atoms with van der Waals surface area (Å²) in [6.45, 7) is 8.28. The molecule has 0 bridgehead atoms. The molecule has 1 fully saturated rings. The minimum absolute atomic E-state index is 0.0778. The quantitative estimate of drug-likeness (QED) is 0.919. The first-order valence-electron chi connectivity index (χ1n) is 7.53. The topological polar surface area (TPSA) is 32.3 Å². The Kier molecular flexibility index (Phi) is 4.81. The molecule has 1 aliphatic heterocycles. The van der Waals surface area contributed by atoms with Gasteiger partial charge in [-0.3, -0.25) is 4.79 Å². The number of hydrogen-bond donors (Lipinski definition) is 1. The summed E-state index contributed by atoms with van der Waals surface area (Å²) < 4.78 is 0. The highest BCUT2D eigenvalue weighted by Gasteiger charge is 2.25. The number of benzene rings is 1. The van der Waals surface area contributed by atoms with Gasteiger partial charge in [-0.1, -0.05) is 18.2 Å². The Morgan fingerprint density at radius 2 is 2.10 bits per heavy atom.